The molecule has 1 fully saturated rings. The summed E-state index contributed by atoms with van der Waals surface area (Å²) in [6.07, 6.45) is -8.08. The number of rotatable bonds is 8. The van der Waals surface area contributed by atoms with E-state index in [1.807, 2.05) is 0 Å². The lowest BCUT2D eigenvalue weighted by molar-refractivity contribution is -0.272. The summed E-state index contributed by atoms with van der Waals surface area (Å²) < 4.78 is 22.3. The Labute approximate surface area is 198 Å². The summed E-state index contributed by atoms with van der Waals surface area (Å²) >= 11 is 4.02. The molecule has 1 saturated heterocycles. The Balaban J connectivity index is 1.72. The zero-order valence-electron chi connectivity index (χ0n) is 17.4. The van der Waals surface area contributed by atoms with Crippen LogP contribution in [0.5, 0.6) is 5.75 Å². The number of nitrogens with zero attached hydrogens (tertiary/aromatic N) is 1. The van der Waals surface area contributed by atoms with E-state index in [0.717, 1.165) is 10.8 Å². The van der Waals surface area contributed by atoms with Crippen LogP contribution in [0.25, 0.3) is 10.9 Å². The molecule has 1 aliphatic rings. The van der Waals surface area contributed by atoms with Gasteiger partial charge in [0.15, 0.2) is 0 Å². The highest BCUT2D eigenvalue weighted by Crippen LogP contribution is 2.37. The Kier molecular flexibility index (Phi) is 8.65. The molecule has 2 aromatic rings. The fourth-order valence-electron chi connectivity index (χ4n) is 3.20. The van der Waals surface area contributed by atoms with Crippen LogP contribution < -0.4 is 10.1 Å². The Bertz CT molecular complexity index is 1040. The molecule has 1 unspecified atom stereocenters. The van der Waals surface area contributed by atoms with E-state index in [-0.39, 0.29) is 23.3 Å². The van der Waals surface area contributed by atoms with Gasteiger partial charge in [-0.05, 0) is 43.7 Å². The number of aliphatic hydroxyl groups is 3. The number of nitrogens with one attached hydrogen (secondary N) is 1. The number of ether oxygens (including phenoxy) is 2. The Hall–Kier alpha value is -1.41. The first-order chi connectivity index (χ1) is 15.5. The van der Waals surface area contributed by atoms with Crippen LogP contribution in [-0.4, -0.2) is 78.1 Å². The molecule has 1 amide bonds. The molecule has 1 aromatic heterocycles. The highest BCUT2D eigenvalue weighted by molar-refractivity contribution is 8.69. The predicted octanol–water partition coefficient (Wildman–Crippen LogP) is 0.894. The second-order valence-corrected chi connectivity index (χ2v) is 10.9. The van der Waals surface area contributed by atoms with Gasteiger partial charge in [-0.1, -0.05) is 10.8 Å². The van der Waals surface area contributed by atoms with Gasteiger partial charge in [-0.3, -0.25) is 9.36 Å². The van der Waals surface area contributed by atoms with Crippen LogP contribution in [0.1, 0.15) is 13.3 Å². The standard InChI is InChI=1S/C19H25N2O9PS2/c1-9(33-32)18(25)21-14-5-2-10-8-11(3-4-12(10)20-14)29-19-17(24)16(23)15(22)13(30-19)6-7-31(26,27)28/h2-5,8-9,13,15-17,19,22-24,32H,6-7H2,1H3,(H,20,21,25)(H2,26,27,28)/t9?,13-,15-,16+,17+,19+/m1/s1. The van der Waals surface area contributed by atoms with Crippen molar-refractivity contribution >= 4 is 52.7 Å². The van der Waals surface area contributed by atoms with E-state index in [9.17, 15) is 24.7 Å². The molecular formula is C19H25N2O9PS2. The zero-order chi connectivity index (χ0) is 24.3. The van der Waals surface area contributed by atoms with Crippen molar-refractivity contribution in [3.05, 3.63) is 30.3 Å². The van der Waals surface area contributed by atoms with Gasteiger partial charge in [0.1, 0.15) is 29.9 Å². The number of thiol groups is 1. The lowest BCUT2D eigenvalue weighted by Gasteiger charge is -2.40. The fraction of sp³-hybridized carbons (Fsp3) is 0.474. The predicted molar refractivity (Wildman–Crippen MR) is 125 cm³/mol. The van der Waals surface area contributed by atoms with Crippen molar-refractivity contribution in [2.45, 2.75) is 49.3 Å². The van der Waals surface area contributed by atoms with Gasteiger partial charge in [0.25, 0.3) is 0 Å². The number of pyridine rings is 1. The van der Waals surface area contributed by atoms with Crippen LogP contribution in [0.15, 0.2) is 30.3 Å². The van der Waals surface area contributed by atoms with Gasteiger partial charge < -0.3 is 39.9 Å². The van der Waals surface area contributed by atoms with E-state index < -0.39 is 44.5 Å². The second-order valence-electron chi connectivity index (χ2n) is 7.60. The van der Waals surface area contributed by atoms with Crippen LogP contribution in [0.3, 0.4) is 0 Å². The molecule has 0 radical (unpaired) electrons. The van der Waals surface area contributed by atoms with Crippen molar-refractivity contribution in [1.29, 1.82) is 0 Å². The number of hydrogen-bond donors (Lipinski definition) is 7. The first-order valence-corrected chi connectivity index (χ1v) is 13.6. The smallest absolute Gasteiger partial charge is 0.325 e. The highest BCUT2D eigenvalue weighted by Gasteiger charge is 2.45. The molecule has 14 heteroatoms. The van der Waals surface area contributed by atoms with Crippen LogP contribution in [0.2, 0.25) is 0 Å². The van der Waals surface area contributed by atoms with E-state index in [1.54, 1.807) is 37.3 Å². The van der Waals surface area contributed by atoms with Crippen LogP contribution in [0.4, 0.5) is 5.82 Å². The average molecular weight is 521 g/mol. The minimum absolute atomic E-state index is 0.237. The minimum atomic E-state index is -4.34. The first-order valence-electron chi connectivity index (χ1n) is 9.91. The number of aromatic nitrogens is 1. The van der Waals surface area contributed by atoms with Gasteiger partial charge in [0.05, 0.1) is 23.0 Å². The molecule has 6 N–H and O–H groups in total. The number of amides is 1. The molecule has 0 saturated carbocycles. The molecule has 1 aliphatic heterocycles. The Morgan fingerprint density at radius 1 is 1.24 bits per heavy atom. The number of benzene rings is 1. The van der Waals surface area contributed by atoms with Gasteiger partial charge in [-0.25, -0.2) is 4.98 Å². The third-order valence-electron chi connectivity index (χ3n) is 5.06. The number of anilines is 1. The lowest BCUT2D eigenvalue weighted by atomic mass is 9.97. The summed E-state index contributed by atoms with van der Waals surface area (Å²) in [5.74, 6) is 0.397. The van der Waals surface area contributed by atoms with Crippen molar-refractivity contribution < 1.29 is 43.9 Å². The van der Waals surface area contributed by atoms with Gasteiger partial charge in [-0.2, -0.15) is 0 Å². The summed E-state index contributed by atoms with van der Waals surface area (Å²) in [5, 5.41) is 33.4. The third kappa shape index (κ3) is 6.81. The number of fused-ring (bicyclic) bond motifs is 1. The van der Waals surface area contributed by atoms with Crippen molar-refractivity contribution in [1.82, 2.24) is 4.98 Å². The van der Waals surface area contributed by atoms with Gasteiger partial charge in [-0.15, -0.1) is 11.7 Å². The molecule has 11 nitrogen and oxygen atoms in total. The summed E-state index contributed by atoms with van der Waals surface area (Å²) in [6, 6.07) is 8.11. The summed E-state index contributed by atoms with van der Waals surface area (Å²) in [5.41, 5.74) is 0.561. The number of carbonyl (C=O) groups is 1. The largest absolute Gasteiger partial charge is 0.462 e. The van der Waals surface area contributed by atoms with Crippen LogP contribution >= 0.6 is 30.1 Å². The summed E-state index contributed by atoms with van der Waals surface area (Å²) in [6.45, 7) is 1.71. The average Bonchev–Trinajstić information content (AvgIpc) is 2.77. The minimum Gasteiger partial charge on any atom is -0.462 e. The molecule has 2 heterocycles. The number of hydrogen-bond acceptors (Lipinski definition) is 10. The zero-order valence-corrected chi connectivity index (χ0v) is 20.0. The van der Waals surface area contributed by atoms with Gasteiger partial charge in [0.2, 0.25) is 12.2 Å². The van der Waals surface area contributed by atoms with Gasteiger partial charge in [0, 0.05) is 5.39 Å². The van der Waals surface area contributed by atoms with Crippen molar-refractivity contribution in [2.24, 2.45) is 0 Å². The SMILES string of the molecule is CC(SS)C(=O)Nc1ccc2cc(O[C@H]3O[C@H](CCP(=O)(O)O)[C@@H](O)[C@H](O)[C@@H]3O)ccc2n1. The number of aliphatic hydroxyl groups excluding tert-OH is 3. The monoisotopic (exact) mass is 520 g/mol. The molecular weight excluding hydrogens is 495 g/mol. The molecule has 0 bridgehead atoms. The highest BCUT2D eigenvalue weighted by atomic mass is 33.1. The van der Waals surface area contributed by atoms with E-state index in [0.29, 0.717) is 16.7 Å². The lowest BCUT2D eigenvalue weighted by Crippen LogP contribution is -2.59. The molecule has 0 spiro atoms. The Morgan fingerprint density at radius 2 is 1.97 bits per heavy atom. The molecule has 3 rings (SSSR count). The molecule has 0 aliphatic carbocycles. The normalized spacial score (nSPS) is 26.7. The van der Waals surface area contributed by atoms with E-state index in [4.69, 9.17) is 19.3 Å². The van der Waals surface area contributed by atoms with Crippen molar-refractivity contribution in [2.75, 3.05) is 11.5 Å². The topological polar surface area (TPSA) is 179 Å². The van der Waals surface area contributed by atoms with E-state index >= 15 is 0 Å². The maximum Gasteiger partial charge on any atom is 0.325 e. The van der Waals surface area contributed by atoms with Crippen molar-refractivity contribution in [3.63, 3.8) is 0 Å². The van der Waals surface area contributed by atoms with E-state index in [1.165, 1.54) is 0 Å². The first kappa shape index (κ1) is 26.2. The van der Waals surface area contributed by atoms with E-state index in [2.05, 4.69) is 22.0 Å². The van der Waals surface area contributed by atoms with Gasteiger partial charge >= 0.3 is 7.60 Å². The van der Waals surface area contributed by atoms with Crippen LogP contribution in [0, 0.1) is 0 Å². The number of carbonyl (C=O) groups excluding carboxylic acids is 1. The maximum atomic E-state index is 12.0. The Morgan fingerprint density at radius 3 is 2.64 bits per heavy atom. The molecule has 33 heavy (non-hydrogen) atoms. The quantitative estimate of drug-likeness (QED) is 0.149. The maximum absolute atomic E-state index is 12.0. The van der Waals surface area contributed by atoms with Crippen molar-refractivity contribution in [3.8, 4) is 5.75 Å². The second kappa shape index (κ2) is 10.9. The summed E-state index contributed by atoms with van der Waals surface area (Å²) in [7, 11) is -3.23. The fourth-order valence-corrected chi connectivity index (χ4v) is 4.24. The van der Waals surface area contributed by atoms with Crippen LogP contribution in [-0.2, 0) is 14.1 Å². The molecule has 182 valence electrons. The third-order valence-corrected chi connectivity index (χ3v) is 7.38. The molecule has 1 aromatic carbocycles. The summed E-state index contributed by atoms with van der Waals surface area (Å²) in [4.78, 5) is 34.5. The molecule has 6 atom stereocenters.